The zero-order valence-electron chi connectivity index (χ0n) is 9.02. The molecule has 0 aliphatic rings. The molecule has 0 saturated heterocycles. The van der Waals surface area contributed by atoms with Crippen LogP contribution in [0.4, 0.5) is 8.78 Å². The molecular weight excluding hydrogens is 262 g/mol. The Hall–Kier alpha value is -1.95. The summed E-state index contributed by atoms with van der Waals surface area (Å²) in [5.74, 6) is -2.73. The van der Waals surface area contributed by atoms with Crippen molar-refractivity contribution >= 4 is 17.3 Å². The fraction of sp³-hybridized carbons (Fsp3) is 0.0833. The lowest BCUT2D eigenvalue weighted by atomic mass is 10.3. The lowest BCUT2D eigenvalue weighted by Crippen LogP contribution is -1.94. The third-order valence-electron chi connectivity index (χ3n) is 2.14. The second-order valence-electron chi connectivity index (χ2n) is 3.44. The van der Waals surface area contributed by atoms with Crippen LogP contribution in [0, 0.1) is 11.6 Å². The summed E-state index contributed by atoms with van der Waals surface area (Å²) in [5.41, 5.74) is 0. The lowest BCUT2D eigenvalue weighted by Gasteiger charge is -2.04. The zero-order valence-corrected chi connectivity index (χ0v) is 9.84. The molecule has 0 radical (unpaired) electrons. The number of rotatable bonds is 4. The van der Waals surface area contributed by atoms with Crippen molar-refractivity contribution in [3.63, 3.8) is 0 Å². The van der Waals surface area contributed by atoms with Gasteiger partial charge < -0.3 is 9.84 Å². The largest absolute Gasteiger partial charge is 0.488 e. The van der Waals surface area contributed by atoms with Crippen molar-refractivity contribution in [2.24, 2.45) is 0 Å². The summed E-state index contributed by atoms with van der Waals surface area (Å²) in [6.07, 6.45) is 0. The van der Waals surface area contributed by atoms with E-state index in [4.69, 9.17) is 9.84 Å². The molecule has 0 spiro atoms. The second kappa shape index (κ2) is 5.14. The first-order chi connectivity index (χ1) is 8.56. The molecule has 0 amide bonds. The molecule has 1 aromatic heterocycles. The molecule has 0 aliphatic carbocycles. The van der Waals surface area contributed by atoms with Crippen LogP contribution in [0.15, 0.2) is 30.3 Å². The summed E-state index contributed by atoms with van der Waals surface area (Å²) in [4.78, 5) is 11.5. The van der Waals surface area contributed by atoms with Crippen LogP contribution in [-0.2, 0) is 6.61 Å². The summed E-state index contributed by atoms with van der Waals surface area (Å²) in [5, 5.41) is 8.73. The number of aromatic carboxylic acids is 1. The molecule has 6 heteroatoms. The summed E-state index contributed by atoms with van der Waals surface area (Å²) in [6.45, 7) is 0.114. The Morgan fingerprint density at radius 2 is 2.00 bits per heavy atom. The molecule has 1 heterocycles. The molecule has 1 aromatic carbocycles. The topological polar surface area (TPSA) is 46.5 Å². The summed E-state index contributed by atoms with van der Waals surface area (Å²) in [7, 11) is 0. The van der Waals surface area contributed by atoms with Gasteiger partial charge in [0.05, 0.1) is 0 Å². The average Bonchev–Trinajstić information content (AvgIpc) is 2.79. The minimum atomic E-state index is -1.00. The molecule has 1 N–H and O–H groups in total. The van der Waals surface area contributed by atoms with Gasteiger partial charge in [-0.1, -0.05) is 0 Å². The van der Waals surface area contributed by atoms with Crippen molar-refractivity contribution in [3.8, 4) is 5.75 Å². The van der Waals surface area contributed by atoms with Crippen molar-refractivity contribution in [3.05, 3.63) is 51.7 Å². The summed E-state index contributed by atoms with van der Waals surface area (Å²) in [6, 6.07) is 6.32. The Bertz CT molecular complexity index is 580. The molecule has 0 saturated carbocycles. The lowest BCUT2D eigenvalue weighted by molar-refractivity contribution is 0.0702. The van der Waals surface area contributed by atoms with Gasteiger partial charge in [-0.2, -0.15) is 0 Å². The number of hydrogen-bond donors (Lipinski definition) is 1. The first-order valence-corrected chi connectivity index (χ1v) is 5.78. The Labute approximate surface area is 105 Å². The van der Waals surface area contributed by atoms with Gasteiger partial charge in [0, 0.05) is 10.9 Å². The van der Waals surface area contributed by atoms with Crippen LogP contribution < -0.4 is 4.74 Å². The van der Waals surface area contributed by atoms with Crippen LogP contribution in [0.25, 0.3) is 0 Å². The van der Waals surface area contributed by atoms with Gasteiger partial charge in [0.2, 0.25) is 0 Å². The standard InChI is InChI=1S/C12H8F2O3S/c13-9-3-1-7(5-10(9)14)17-6-8-2-4-11(18-8)12(15)16/h1-5H,6H2,(H,15,16). The number of carbonyl (C=O) groups is 1. The molecule has 94 valence electrons. The van der Waals surface area contributed by atoms with Crippen LogP contribution in [0.3, 0.4) is 0 Å². The van der Waals surface area contributed by atoms with Crippen LogP contribution >= 0.6 is 11.3 Å². The van der Waals surface area contributed by atoms with Crippen LogP contribution in [-0.4, -0.2) is 11.1 Å². The Balaban J connectivity index is 2.02. The molecule has 0 unspecified atom stereocenters. The third kappa shape index (κ3) is 2.84. The van der Waals surface area contributed by atoms with Crippen LogP contribution in [0.5, 0.6) is 5.75 Å². The van der Waals surface area contributed by atoms with Crippen LogP contribution in [0.2, 0.25) is 0 Å². The Kier molecular flexibility index (Phi) is 3.57. The van der Waals surface area contributed by atoms with Crippen molar-refractivity contribution in [1.29, 1.82) is 0 Å². The molecule has 0 atom stereocenters. The molecular formula is C12H8F2O3S. The van der Waals surface area contributed by atoms with E-state index in [-0.39, 0.29) is 17.2 Å². The first kappa shape index (κ1) is 12.5. The van der Waals surface area contributed by atoms with Crippen molar-refractivity contribution in [2.45, 2.75) is 6.61 Å². The smallest absolute Gasteiger partial charge is 0.345 e. The van der Waals surface area contributed by atoms with Crippen molar-refractivity contribution < 1.29 is 23.4 Å². The minimum Gasteiger partial charge on any atom is -0.488 e. The summed E-state index contributed by atoms with van der Waals surface area (Å²) >= 11 is 1.08. The fourth-order valence-corrected chi connectivity index (χ4v) is 2.05. The SMILES string of the molecule is O=C(O)c1ccc(COc2ccc(F)c(F)c2)s1. The van der Waals surface area contributed by atoms with E-state index < -0.39 is 17.6 Å². The van der Waals surface area contributed by atoms with E-state index in [1.165, 1.54) is 12.1 Å². The summed E-state index contributed by atoms with van der Waals surface area (Å²) < 4.78 is 30.8. The molecule has 3 nitrogen and oxygen atoms in total. The highest BCUT2D eigenvalue weighted by Crippen LogP contribution is 2.20. The normalized spacial score (nSPS) is 10.3. The maximum absolute atomic E-state index is 12.9. The van der Waals surface area contributed by atoms with Crippen LogP contribution in [0.1, 0.15) is 14.5 Å². The van der Waals surface area contributed by atoms with Gasteiger partial charge in [0.25, 0.3) is 0 Å². The van der Waals surface area contributed by atoms with E-state index in [0.717, 1.165) is 23.5 Å². The highest BCUT2D eigenvalue weighted by molar-refractivity contribution is 7.13. The van der Waals surface area contributed by atoms with Gasteiger partial charge in [-0.25, -0.2) is 13.6 Å². The average molecular weight is 270 g/mol. The Morgan fingerprint density at radius 1 is 1.22 bits per heavy atom. The number of thiophene rings is 1. The highest BCUT2D eigenvalue weighted by Gasteiger charge is 2.08. The maximum Gasteiger partial charge on any atom is 0.345 e. The molecule has 2 aromatic rings. The van der Waals surface area contributed by atoms with E-state index in [1.807, 2.05) is 0 Å². The molecule has 0 aliphatic heterocycles. The minimum absolute atomic E-state index is 0.114. The van der Waals surface area contributed by atoms with E-state index >= 15 is 0 Å². The predicted octanol–water partition coefficient (Wildman–Crippen LogP) is 3.30. The van der Waals surface area contributed by atoms with Crippen molar-refractivity contribution in [1.82, 2.24) is 0 Å². The van der Waals surface area contributed by atoms with Gasteiger partial charge >= 0.3 is 5.97 Å². The third-order valence-corrected chi connectivity index (χ3v) is 3.19. The fourth-order valence-electron chi connectivity index (χ4n) is 1.29. The molecule has 0 fully saturated rings. The quantitative estimate of drug-likeness (QED) is 0.927. The van der Waals surface area contributed by atoms with E-state index in [9.17, 15) is 13.6 Å². The second-order valence-corrected chi connectivity index (χ2v) is 4.60. The van der Waals surface area contributed by atoms with E-state index in [1.54, 1.807) is 6.07 Å². The van der Waals surface area contributed by atoms with E-state index in [2.05, 4.69) is 0 Å². The number of ether oxygens (including phenoxy) is 1. The maximum atomic E-state index is 12.9. The van der Waals surface area contributed by atoms with Gasteiger partial charge in [0.15, 0.2) is 11.6 Å². The number of benzene rings is 1. The van der Waals surface area contributed by atoms with Gasteiger partial charge in [0.1, 0.15) is 17.2 Å². The molecule has 0 bridgehead atoms. The van der Waals surface area contributed by atoms with Gasteiger partial charge in [-0.3, -0.25) is 0 Å². The highest BCUT2D eigenvalue weighted by atomic mass is 32.1. The Morgan fingerprint density at radius 3 is 2.61 bits per heavy atom. The van der Waals surface area contributed by atoms with Crippen molar-refractivity contribution in [2.75, 3.05) is 0 Å². The van der Waals surface area contributed by atoms with Gasteiger partial charge in [-0.15, -0.1) is 11.3 Å². The monoisotopic (exact) mass is 270 g/mol. The number of halogens is 2. The zero-order chi connectivity index (χ0) is 13.1. The first-order valence-electron chi connectivity index (χ1n) is 4.96. The molecule has 18 heavy (non-hydrogen) atoms. The van der Waals surface area contributed by atoms with Gasteiger partial charge in [-0.05, 0) is 24.3 Å². The number of carboxylic acids is 1. The van der Waals surface area contributed by atoms with E-state index in [0.29, 0.717) is 4.88 Å². The predicted molar refractivity (Wildman–Crippen MR) is 62.0 cm³/mol. The molecule has 2 rings (SSSR count). The number of hydrogen-bond acceptors (Lipinski definition) is 3. The number of carboxylic acid groups (broad SMARTS) is 1.